The molecule has 2 aromatic carbocycles. The molecule has 0 unspecified atom stereocenters. The molecule has 4 rings (SSSR count). The number of rotatable bonds is 5. The van der Waals surface area contributed by atoms with Gasteiger partial charge in [-0.2, -0.15) is 19.7 Å². The van der Waals surface area contributed by atoms with Gasteiger partial charge in [0.2, 0.25) is 17.7 Å². The Morgan fingerprint density at radius 2 is 1.75 bits per heavy atom. The number of anilines is 3. The Labute approximate surface area is 159 Å². The number of nitrogens with zero attached hydrogens (tertiary/aromatic N) is 7. The highest BCUT2D eigenvalue weighted by atomic mass is 19.1. The molecule has 0 amide bonds. The lowest BCUT2D eigenvalue weighted by molar-refractivity contribution is 0.554. The lowest BCUT2D eigenvalue weighted by Crippen LogP contribution is -2.12. The number of nitrogen functional groups attached to an aromatic ring is 1. The van der Waals surface area contributed by atoms with Crippen LogP contribution in [-0.2, 0) is 6.54 Å². The molecule has 0 fully saturated rings. The third-order valence-corrected chi connectivity index (χ3v) is 3.84. The van der Waals surface area contributed by atoms with E-state index in [2.05, 4.69) is 35.7 Å². The number of hydrogen-bond donors (Lipinski definition) is 2. The highest BCUT2D eigenvalue weighted by molar-refractivity contribution is 5.54. The van der Waals surface area contributed by atoms with Crippen LogP contribution in [0.4, 0.5) is 22.0 Å². The van der Waals surface area contributed by atoms with Crippen molar-refractivity contribution in [2.24, 2.45) is 0 Å². The van der Waals surface area contributed by atoms with Gasteiger partial charge in [-0.3, -0.25) is 0 Å². The van der Waals surface area contributed by atoms with E-state index in [0.717, 1.165) is 11.1 Å². The second-order valence-electron chi connectivity index (χ2n) is 6.07. The summed E-state index contributed by atoms with van der Waals surface area (Å²) in [4.78, 5) is 13.8. The topological polar surface area (TPSA) is 120 Å². The summed E-state index contributed by atoms with van der Waals surface area (Å²) in [5.74, 6) is 0.834. The number of nitrogens with two attached hydrogens (primary N) is 1. The standard InChI is InChI=1S/C18H16FN9/c1-11-2-4-12(5-3-11)16-25-27-28(26-16)10-15-22-17(20)24-18(23-15)21-14-8-6-13(19)7-9-14/h2-9H,10H2,1H3,(H3,20,21,22,23,24). The van der Waals surface area contributed by atoms with Crippen molar-refractivity contribution in [3.8, 4) is 11.4 Å². The van der Waals surface area contributed by atoms with Crippen LogP contribution in [0.25, 0.3) is 11.4 Å². The Bertz CT molecular complexity index is 1090. The number of tetrazole rings is 1. The minimum Gasteiger partial charge on any atom is -0.368 e. The maximum atomic E-state index is 13.0. The zero-order valence-electron chi connectivity index (χ0n) is 14.9. The Morgan fingerprint density at radius 3 is 2.50 bits per heavy atom. The van der Waals surface area contributed by atoms with Crippen LogP contribution in [-0.4, -0.2) is 35.2 Å². The first kappa shape index (κ1) is 17.5. The van der Waals surface area contributed by atoms with Gasteiger partial charge >= 0.3 is 0 Å². The highest BCUT2D eigenvalue weighted by Gasteiger charge is 2.10. The third-order valence-electron chi connectivity index (χ3n) is 3.84. The van der Waals surface area contributed by atoms with Crippen LogP contribution in [0.5, 0.6) is 0 Å². The van der Waals surface area contributed by atoms with Gasteiger partial charge in [-0.15, -0.1) is 10.2 Å². The molecule has 0 bridgehead atoms. The molecule has 0 aliphatic rings. The van der Waals surface area contributed by atoms with Crippen LogP contribution in [0, 0.1) is 12.7 Å². The quantitative estimate of drug-likeness (QED) is 0.544. The summed E-state index contributed by atoms with van der Waals surface area (Å²) in [6.45, 7) is 2.18. The molecule has 9 nitrogen and oxygen atoms in total. The number of hydrogen-bond acceptors (Lipinski definition) is 8. The van der Waals surface area contributed by atoms with Gasteiger partial charge in [-0.25, -0.2) is 4.39 Å². The lowest BCUT2D eigenvalue weighted by atomic mass is 10.1. The molecule has 10 heteroatoms. The van der Waals surface area contributed by atoms with E-state index in [1.54, 1.807) is 12.1 Å². The van der Waals surface area contributed by atoms with Gasteiger partial charge in [-0.05, 0) is 36.4 Å². The second kappa shape index (κ2) is 7.35. The fourth-order valence-electron chi connectivity index (χ4n) is 2.48. The Balaban J connectivity index is 1.52. The molecule has 4 aromatic rings. The first-order valence-corrected chi connectivity index (χ1v) is 8.43. The van der Waals surface area contributed by atoms with Crippen LogP contribution < -0.4 is 11.1 Å². The molecule has 3 N–H and O–H groups in total. The molecule has 140 valence electrons. The number of nitrogens with one attached hydrogen (secondary N) is 1. The second-order valence-corrected chi connectivity index (χ2v) is 6.07. The van der Waals surface area contributed by atoms with E-state index >= 15 is 0 Å². The molecule has 0 saturated heterocycles. The monoisotopic (exact) mass is 377 g/mol. The molecule has 28 heavy (non-hydrogen) atoms. The predicted molar refractivity (Wildman–Crippen MR) is 101 cm³/mol. The minimum absolute atomic E-state index is 0.0495. The third kappa shape index (κ3) is 4.06. The normalized spacial score (nSPS) is 10.8. The largest absolute Gasteiger partial charge is 0.368 e. The number of benzene rings is 2. The summed E-state index contributed by atoms with van der Waals surface area (Å²) < 4.78 is 13.0. The zero-order valence-corrected chi connectivity index (χ0v) is 14.9. The molecular weight excluding hydrogens is 361 g/mol. The van der Waals surface area contributed by atoms with Crippen LogP contribution in [0.15, 0.2) is 48.5 Å². The number of aryl methyl sites for hydroxylation is 1. The summed E-state index contributed by atoms with van der Waals surface area (Å²) in [6, 6.07) is 13.6. The van der Waals surface area contributed by atoms with Crippen LogP contribution in [0.1, 0.15) is 11.4 Å². The Hall–Kier alpha value is -3.95. The van der Waals surface area contributed by atoms with Crippen LogP contribution >= 0.6 is 0 Å². The van der Waals surface area contributed by atoms with Gasteiger partial charge < -0.3 is 11.1 Å². The van der Waals surface area contributed by atoms with E-state index in [4.69, 9.17) is 5.73 Å². The molecule has 0 radical (unpaired) electrons. The van der Waals surface area contributed by atoms with E-state index in [1.807, 2.05) is 31.2 Å². The Kier molecular flexibility index (Phi) is 4.58. The van der Waals surface area contributed by atoms with Crippen molar-refractivity contribution in [2.75, 3.05) is 11.1 Å². The van der Waals surface area contributed by atoms with Gasteiger partial charge in [-0.1, -0.05) is 29.8 Å². The van der Waals surface area contributed by atoms with Gasteiger partial charge in [0.05, 0.1) is 0 Å². The number of aromatic nitrogens is 7. The summed E-state index contributed by atoms with van der Waals surface area (Å²) >= 11 is 0. The van der Waals surface area contributed by atoms with Crippen molar-refractivity contribution in [3.05, 3.63) is 65.7 Å². The van der Waals surface area contributed by atoms with Gasteiger partial charge in [0.1, 0.15) is 12.4 Å². The highest BCUT2D eigenvalue weighted by Crippen LogP contribution is 2.16. The first-order valence-electron chi connectivity index (χ1n) is 8.43. The van der Waals surface area contributed by atoms with E-state index in [-0.39, 0.29) is 24.3 Å². The molecule has 2 aromatic heterocycles. The maximum absolute atomic E-state index is 13.0. The van der Waals surface area contributed by atoms with E-state index < -0.39 is 0 Å². The molecule has 0 aliphatic heterocycles. The van der Waals surface area contributed by atoms with E-state index in [9.17, 15) is 4.39 Å². The minimum atomic E-state index is -0.331. The SMILES string of the molecule is Cc1ccc(-c2nnn(Cc3nc(N)nc(Nc4ccc(F)cc4)n3)n2)cc1. The lowest BCUT2D eigenvalue weighted by Gasteiger charge is -2.07. The summed E-state index contributed by atoms with van der Waals surface area (Å²) in [7, 11) is 0. The van der Waals surface area contributed by atoms with Crippen molar-refractivity contribution in [2.45, 2.75) is 13.5 Å². The predicted octanol–water partition coefficient (Wildman–Crippen LogP) is 2.35. The van der Waals surface area contributed by atoms with Crippen molar-refractivity contribution >= 4 is 17.6 Å². The average Bonchev–Trinajstić information content (AvgIpc) is 3.12. The zero-order chi connectivity index (χ0) is 19.5. The van der Waals surface area contributed by atoms with Crippen molar-refractivity contribution in [3.63, 3.8) is 0 Å². The van der Waals surface area contributed by atoms with Crippen molar-refractivity contribution in [1.82, 2.24) is 35.2 Å². The summed E-state index contributed by atoms with van der Waals surface area (Å²) in [5, 5.41) is 15.4. The fraction of sp³-hybridized carbons (Fsp3) is 0.111. The van der Waals surface area contributed by atoms with Crippen molar-refractivity contribution in [1.29, 1.82) is 0 Å². The number of halogens is 1. The van der Waals surface area contributed by atoms with E-state index in [0.29, 0.717) is 17.3 Å². The molecule has 2 heterocycles. The molecular formula is C18H16FN9. The fourth-order valence-corrected chi connectivity index (χ4v) is 2.48. The Morgan fingerprint density at radius 1 is 1.00 bits per heavy atom. The van der Waals surface area contributed by atoms with E-state index in [1.165, 1.54) is 16.9 Å². The smallest absolute Gasteiger partial charge is 0.232 e. The average molecular weight is 377 g/mol. The van der Waals surface area contributed by atoms with Crippen LogP contribution in [0.2, 0.25) is 0 Å². The van der Waals surface area contributed by atoms with Crippen LogP contribution in [0.3, 0.4) is 0 Å². The maximum Gasteiger partial charge on any atom is 0.232 e. The molecule has 0 saturated carbocycles. The van der Waals surface area contributed by atoms with Gasteiger partial charge in [0, 0.05) is 11.3 Å². The molecule has 0 atom stereocenters. The molecule has 0 spiro atoms. The van der Waals surface area contributed by atoms with Crippen molar-refractivity contribution < 1.29 is 4.39 Å². The first-order chi connectivity index (χ1) is 13.5. The molecule has 0 aliphatic carbocycles. The summed E-state index contributed by atoms with van der Waals surface area (Å²) in [6.07, 6.45) is 0. The van der Waals surface area contributed by atoms with Gasteiger partial charge in [0.25, 0.3) is 0 Å². The van der Waals surface area contributed by atoms with Gasteiger partial charge in [0.15, 0.2) is 5.82 Å². The summed E-state index contributed by atoms with van der Waals surface area (Å²) in [5.41, 5.74) is 8.41.